The molecule has 4 heterocycles. The van der Waals surface area contributed by atoms with Crippen molar-refractivity contribution < 1.29 is 13.9 Å². The van der Waals surface area contributed by atoms with Crippen LogP contribution in [-0.2, 0) is 9.53 Å². The zero-order valence-corrected chi connectivity index (χ0v) is 24.4. The minimum atomic E-state index is -0.332. The molecule has 6 rings (SSSR count). The molecular formula is C31H32FN5O3S. The predicted octanol–water partition coefficient (Wildman–Crippen LogP) is 4.96. The van der Waals surface area contributed by atoms with Gasteiger partial charge in [-0.05, 0) is 56.2 Å². The molecular weight excluding hydrogens is 541 g/mol. The van der Waals surface area contributed by atoms with Crippen molar-refractivity contribution in [3.63, 3.8) is 0 Å². The maximum Gasteiger partial charge on any atom is 0.350 e. The smallest absolute Gasteiger partial charge is 0.350 e. The number of benzene rings is 2. The van der Waals surface area contributed by atoms with Crippen LogP contribution in [0.3, 0.4) is 0 Å². The minimum Gasteiger partial charge on any atom is -0.383 e. The van der Waals surface area contributed by atoms with E-state index in [9.17, 15) is 14.0 Å². The Morgan fingerprint density at radius 3 is 2.66 bits per heavy atom. The van der Waals surface area contributed by atoms with Crippen molar-refractivity contribution in [1.82, 2.24) is 19.4 Å². The van der Waals surface area contributed by atoms with Gasteiger partial charge in [0, 0.05) is 77.0 Å². The van der Waals surface area contributed by atoms with E-state index in [2.05, 4.69) is 27.5 Å². The molecule has 0 N–H and O–H groups in total. The van der Waals surface area contributed by atoms with Crippen molar-refractivity contribution in [1.29, 1.82) is 0 Å². The van der Waals surface area contributed by atoms with E-state index in [-0.39, 0.29) is 35.5 Å². The fourth-order valence-electron chi connectivity index (χ4n) is 6.52. The Kier molecular flexibility index (Phi) is 7.07. The summed E-state index contributed by atoms with van der Waals surface area (Å²) in [4.78, 5) is 40.2. The normalized spacial score (nSPS) is 20.6. The van der Waals surface area contributed by atoms with Gasteiger partial charge in [0.2, 0.25) is 5.91 Å². The third-order valence-electron chi connectivity index (χ3n) is 8.17. The molecule has 8 nitrogen and oxygen atoms in total. The number of pyridine rings is 1. The second kappa shape index (κ2) is 10.6. The van der Waals surface area contributed by atoms with E-state index in [4.69, 9.17) is 4.74 Å². The molecule has 4 aromatic rings. The van der Waals surface area contributed by atoms with Gasteiger partial charge in [0.25, 0.3) is 0 Å². The number of aryl methyl sites for hydroxylation is 1. The van der Waals surface area contributed by atoms with Crippen molar-refractivity contribution in [2.75, 3.05) is 37.5 Å². The number of aromatic nitrogens is 3. The molecule has 0 saturated carbocycles. The number of methoxy groups -OCH3 is 1. The number of piperazine rings is 1. The molecule has 0 bridgehead atoms. The van der Waals surface area contributed by atoms with E-state index >= 15 is 0 Å². The lowest BCUT2D eigenvalue weighted by Crippen LogP contribution is -2.58. The number of carbonyl (C=O) groups excluding carboxylic acids is 1. The monoisotopic (exact) mass is 573 g/mol. The van der Waals surface area contributed by atoms with Gasteiger partial charge in [-0.2, -0.15) is 4.98 Å². The molecule has 2 aliphatic heterocycles. The van der Waals surface area contributed by atoms with Crippen molar-refractivity contribution in [3.8, 4) is 11.1 Å². The summed E-state index contributed by atoms with van der Waals surface area (Å²) >= 11 is 1.69. The molecule has 1 unspecified atom stereocenters. The lowest BCUT2D eigenvalue weighted by molar-refractivity contribution is -0.130. The van der Waals surface area contributed by atoms with E-state index in [1.165, 1.54) is 12.1 Å². The first-order valence-corrected chi connectivity index (χ1v) is 14.7. The SMILES string of the molecule is C=CC(=O)N1[C@H](C)CN(c2nc(=O)n3c4c(c(-c5ccc(F)c6ccncc56)c(C)cc24)SCC3COC)C[C@@H]1C. The van der Waals surface area contributed by atoms with Gasteiger partial charge < -0.3 is 14.5 Å². The highest BCUT2D eigenvalue weighted by molar-refractivity contribution is 7.99. The largest absolute Gasteiger partial charge is 0.383 e. The van der Waals surface area contributed by atoms with Crippen LogP contribution in [0.1, 0.15) is 25.5 Å². The summed E-state index contributed by atoms with van der Waals surface area (Å²) in [6.07, 6.45) is 4.64. The number of ether oxygens (including phenoxy) is 1. The van der Waals surface area contributed by atoms with Crippen LogP contribution in [0.4, 0.5) is 10.2 Å². The molecule has 0 radical (unpaired) electrons. The molecule has 10 heteroatoms. The number of thioether (sulfide) groups is 1. The van der Waals surface area contributed by atoms with Crippen LogP contribution in [0.2, 0.25) is 0 Å². The number of hydrogen-bond acceptors (Lipinski definition) is 7. The maximum atomic E-state index is 14.8. The summed E-state index contributed by atoms with van der Waals surface area (Å²) < 4.78 is 22.0. The van der Waals surface area contributed by atoms with Gasteiger partial charge in [-0.1, -0.05) is 12.6 Å². The van der Waals surface area contributed by atoms with Gasteiger partial charge >= 0.3 is 5.69 Å². The molecule has 3 atom stereocenters. The first kappa shape index (κ1) is 27.4. The van der Waals surface area contributed by atoms with Crippen LogP contribution in [0.25, 0.3) is 32.8 Å². The number of halogens is 1. The zero-order chi connectivity index (χ0) is 29.0. The van der Waals surface area contributed by atoms with Gasteiger partial charge in [-0.25, -0.2) is 9.18 Å². The fraction of sp³-hybridized carbons (Fsp3) is 0.355. The molecule has 2 aromatic carbocycles. The van der Waals surface area contributed by atoms with Crippen molar-refractivity contribution in [2.45, 2.75) is 43.8 Å². The van der Waals surface area contributed by atoms with Crippen molar-refractivity contribution in [2.24, 2.45) is 0 Å². The molecule has 1 amide bonds. The Bertz CT molecular complexity index is 1760. The average molecular weight is 574 g/mol. The van der Waals surface area contributed by atoms with Crippen LogP contribution in [0.5, 0.6) is 0 Å². The number of rotatable bonds is 5. The summed E-state index contributed by atoms with van der Waals surface area (Å²) in [5.74, 6) is 0.855. The molecule has 2 aromatic heterocycles. The quantitative estimate of drug-likeness (QED) is 0.312. The summed E-state index contributed by atoms with van der Waals surface area (Å²) in [5.41, 5.74) is 3.31. The Morgan fingerprint density at radius 2 is 1.95 bits per heavy atom. The second-order valence-corrected chi connectivity index (χ2v) is 11.9. The van der Waals surface area contributed by atoms with E-state index in [0.717, 1.165) is 37.9 Å². The third-order valence-corrected chi connectivity index (χ3v) is 9.41. The highest BCUT2D eigenvalue weighted by Gasteiger charge is 2.35. The second-order valence-electron chi connectivity index (χ2n) is 10.9. The molecule has 1 fully saturated rings. The maximum absolute atomic E-state index is 14.8. The first-order valence-electron chi connectivity index (χ1n) is 13.7. The van der Waals surface area contributed by atoms with E-state index in [0.29, 0.717) is 36.7 Å². The van der Waals surface area contributed by atoms with Gasteiger partial charge in [0.15, 0.2) is 0 Å². The molecule has 41 heavy (non-hydrogen) atoms. The van der Waals surface area contributed by atoms with E-state index in [1.807, 2.05) is 25.7 Å². The first-order chi connectivity index (χ1) is 19.7. The Labute approximate surface area is 241 Å². The standard InChI is InChI=1S/C31H32FN5O3S/c1-6-26(38)36-18(3)13-35(14-19(36)4)30-23-11-17(2)27(22-7-8-25(32)21-9-10-33-12-24(21)22)29-28(23)37(31(39)34-30)20(15-40-5)16-41-29/h6-12,18-20H,1,13-16H2,2-5H3/t18-,19+,20?. The van der Waals surface area contributed by atoms with Crippen molar-refractivity contribution >= 4 is 45.2 Å². The Balaban J connectivity index is 1.61. The summed E-state index contributed by atoms with van der Waals surface area (Å²) in [7, 11) is 1.63. The summed E-state index contributed by atoms with van der Waals surface area (Å²) in [5, 5.41) is 2.10. The van der Waals surface area contributed by atoms with Gasteiger partial charge in [-0.15, -0.1) is 11.8 Å². The highest BCUT2D eigenvalue weighted by atomic mass is 32.2. The van der Waals surface area contributed by atoms with Crippen LogP contribution < -0.4 is 10.6 Å². The van der Waals surface area contributed by atoms with Crippen LogP contribution in [-0.4, -0.2) is 70.0 Å². The molecule has 2 aliphatic rings. The number of carbonyl (C=O) groups is 1. The number of fused-ring (bicyclic) bond motifs is 1. The highest BCUT2D eigenvalue weighted by Crippen LogP contribution is 2.47. The number of anilines is 1. The summed E-state index contributed by atoms with van der Waals surface area (Å²) in [6.45, 7) is 11.2. The minimum absolute atomic E-state index is 0.0926. The zero-order valence-electron chi connectivity index (χ0n) is 23.6. The van der Waals surface area contributed by atoms with Crippen molar-refractivity contribution in [3.05, 3.63) is 71.2 Å². The number of amides is 1. The fourth-order valence-corrected chi connectivity index (χ4v) is 7.88. The van der Waals surface area contributed by atoms with Gasteiger partial charge in [0.1, 0.15) is 11.6 Å². The Hall–Kier alpha value is -3.76. The number of nitrogens with zero attached hydrogens (tertiary/aromatic N) is 5. The Morgan fingerprint density at radius 1 is 1.20 bits per heavy atom. The van der Waals surface area contributed by atoms with Crippen LogP contribution in [0.15, 0.2) is 59.0 Å². The molecule has 0 spiro atoms. The molecule has 0 aliphatic carbocycles. The average Bonchev–Trinajstić information content (AvgIpc) is 2.95. The van der Waals surface area contributed by atoms with Gasteiger partial charge in [-0.3, -0.25) is 14.3 Å². The lowest BCUT2D eigenvalue weighted by Gasteiger charge is -2.45. The molecule has 1 saturated heterocycles. The summed E-state index contributed by atoms with van der Waals surface area (Å²) in [6, 6.07) is 6.70. The van der Waals surface area contributed by atoms with E-state index in [1.54, 1.807) is 48.0 Å². The topological polar surface area (TPSA) is 80.6 Å². The number of hydrogen-bond donors (Lipinski definition) is 0. The third kappa shape index (κ3) is 4.40. The van der Waals surface area contributed by atoms with Crippen LogP contribution in [0, 0.1) is 12.7 Å². The predicted molar refractivity (Wildman–Crippen MR) is 161 cm³/mol. The van der Waals surface area contributed by atoms with Gasteiger partial charge in [0.05, 0.1) is 18.2 Å². The van der Waals surface area contributed by atoms with E-state index < -0.39 is 0 Å². The van der Waals surface area contributed by atoms with Crippen LogP contribution >= 0.6 is 11.8 Å². The molecule has 212 valence electrons. The lowest BCUT2D eigenvalue weighted by atomic mass is 9.93.